The van der Waals surface area contributed by atoms with Crippen molar-refractivity contribution in [2.75, 3.05) is 19.6 Å². The van der Waals surface area contributed by atoms with Gasteiger partial charge in [-0.15, -0.1) is 0 Å². The Balaban J connectivity index is 2.74. The lowest BCUT2D eigenvalue weighted by Crippen LogP contribution is -2.44. The molecule has 0 radical (unpaired) electrons. The second-order valence-corrected chi connectivity index (χ2v) is 4.98. The van der Waals surface area contributed by atoms with Crippen LogP contribution in [0.2, 0.25) is 0 Å². The van der Waals surface area contributed by atoms with E-state index < -0.39 is 0 Å². The molecule has 0 saturated carbocycles. The van der Waals surface area contributed by atoms with Crippen molar-refractivity contribution in [1.82, 2.24) is 4.90 Å². The highest BCUT2D eigenvalue weighted by molar-refractivity contribution is 5.20. The van der Waals surface area contributed by atoms with Gasteiger partial charge in [0.2, 0.25) is 0 Å². The van der Waals surface area contributed by atoms with Gasteiger partial charge in [0.15, 0.2) is 0 Å². The zero-order valence-electron chi connectivity index (χ0n) is 12.1. The fourth-order valence-corrected chi connectivity index (χ4v) is 2.57. The quantitative estimate of drug-likeness (QED) is 0.765. The van der Waals surface area contributed by atoms with Crippen LogP contribution in [0.3, 0.4) is 0 Å². The number of likely N-dealkylation sites (N-methyl/N-ethyl adjacent to an activating group) is 1. The van der Waals surface area contributed by atoms with E-state index in [1.165, 1.54) is 18.4 Å². The smallest absolute Gasteiger partial charge is 0.0284 e. The zero-order chi connectivity index (χ0) is 13.4. The second-order valence-electron chi connectivity index (χ2n) is 4.98. The van der Waals surface area contributed by atoms with E-state index in [1.807, 2.05) is 0 Å². The standard InChI is InChI=1S/C16H28N2/c1-4-6-12-18(5-2)16(13-17)14(3)15-10-8-7-9-11-15/h7-11,14,16H,4-6,12-13,17H2,1-3H3. The fourth-order valence-electron chi connectivity index (χ4n) is 2.57. The summed E-state index contributed by atoms with van der Waals surface area (Å²) in [7, 11) is 0. The van der Waals surface area contributed by atoms with Gasteiger partial charge >= 0.3 is 0 Å². The molecule has 0 bridgehead atoms. The Bertz CT molecular complexity index is 310. The van der Waals surface area contributed by atoms with Crippen molar-refractivity contribution in [3.05, 3.63) is 35.9 Å². The summed E-state index contributed by atoms with van der Waals surface area (Å²) < 4.78 is 0. The van der Waals surface area contributed by atoms with E-state index in [9.17, 15) is 0 Å². The van der Waals surface area contributed by atoms with Crippen LogP contribution in [0, 0.1) is 0 Å². The first kappa shape index (κ1) is 15.2. The maximum atomic E-state index is 6.02. The molecule has 0 aliphatic rings. The molecule has 0 aromatic heterocycles. The van der Waals surface area contributed by atoms with Crippen LogP contribution in [0.5, 0.6) is 0 Å². The number of benzene rings is 1. The van der Waals surface area contributed by atoms with Gasteiger partial charge in [-0.3, -0.25) is 4.90 Å². The van der Waals surface area contributed by atoms with Gasteiger partial charge in [-0.25, -0.2) is 0 Å². The number of hydrogen-bond donors (Lipinski definition) is 1. The molecule has 0 spiro atoms. The van der Waals surface area contributed by atoms with Crippen LogP contribution in [0.15, 0.2) is 30.3 Å². The van der Waals surface area contributed by atoms with Crippen molar-refractivity contribution in [2.45, 2.75) is 45.6 Å². The molecule has 1 aromatic carbocycles. The van der Waals surface area contributed by atoms with E-state index in [0.717, 1.165) is 19.6 Å². The Morgan fingerprint density at radius 1 is 1.17 bits per heavy atom. The molecule has 0 aliphatic carbocycles. The largest absolute Gasteiger partial charge is 0.329 e. The lowest BCUT2D eigenvalue weighted by atomic mass is 9.92. The highest BCUT2D eigenvalue weighted by Crippen LogP contribution is 2.22. The highest BCUT2D eigenvalue weighted by atomic mass is 15.2. The Kier molecular flexibility index (Phi) is 6.99. The van der Waals surface area contributed by atoms with Crippen LogP contribution in [0.4, 0.5) is 0 Å². The molecule has 2 N–H and O–H groups in total. The third-order valence-corrected chi connectivity index (χ3v) is 3.82. The zero-order valence-corrected chi connectivity index (χ0v) is 12.1. The first-order valence-electron chi connectivity index (χ1n) is 7.23. The van der Waals surface area contributed by atoms with E-state index >= 15 is 0 Å². The molecule has 1 rings (SSSR count). The molecule has 2 atom stereocenters. The summed E-state index contributed by atoms with van der Waals surface area (Å²) in [5, 5.41) is 0. The van der Waals surface area contributed by atoms with Crippen LogP contribution in [0.25, 0.3) is 0 Å². The fraction of sp³-hybridized carbons (Fsp3) is 0.625. The molecule has 2 nitrogen and oxygen atoms in total. The summed E-state index contributed by atoms with van der Waals surface area (Å²) in [5.41, 5.74) is 7.41. The average molecular weight is 248 g/mol. The van der Waals surface area contributed by atoms with Crippen LogP contribution in [0.1, 0.15) is 45.1 Å². The summed E-state index contributed by atoms with van der Waals surface area (Å²) in [6, 6.07) is 11.2. The Hall–Kier alpha value is -0.860. The van der Waals surface area contributed by atoms with Gasteiger partial charge < -0.3 is 5.73 Å². The predicted molar refractivity (Wildman–Crippen MR) is 79.9 cm³/mol. The van der Waals surface area contributed by atoms with E-state index in [0.29, 0.717) is 12.0 Å². The number of rotatable bonds is 8. The highest BCUT2D eigenvalue weighted by Gasteiger charge is 2.22. The summed E-state index contributed by atoms with van der Waals surface area (Å²) in [6.07, 6.45) is 2.50. The van der Waals surface area contributed by atoms with Crippen molar-refractivity contribution in [2.24, 2.45) is 5.73 Å². The molecule has 0 aliphatic heterocycles. The summed E-state index contributed by atoms with van der Waals surface area (Å²) in [5.74, 6) is 0.494. The van der Waals surface area contributed by atoms with Gasteiger partial charge in [0.1, 0.15) is 0 Å². The molecule has 2 unspecified atom stereocenters. The summed E-state index contributed by atoms with van der Waals surface area (Å²) in [4.78, 5) is 2.53. The minimum absolute atomic E-state index is 0.448. The van der Waals surface area contributed by atoms with Crippen LogP contribution in [-0.2, 0) is 0 Å². The number of nitrogens with zero attached hydrogens (tertiary/aromatic N) is 1. The monoisotopic (exact) mass is 248 g/mol. The SMILES string of the molecule is CCCCN(CC)C(CN)C(C)c1ccccc1. The number of unbranched alkanes of at least 4 members (excludes halogenated alkanes) is 1. The summed E-state index contributed by atoms with van der Waals surface area (Å²) in [6.45, 7) is 9.74. The van der Waals surface area contributed by atoms with Gasteiger partial charge in [0.25, 0.3) is 0 Å². The molecule has 0 heterocycles. The average Bonchev–Trinajstić information content (AvgIpc) is 2.43. The molecule has 1 aromatic rings. The van der Waals surface area contributed by atoms with Crippen molar-refractivity contribution in [1.29, 1.82) is 0 Å². The lowest BCUT2D eigenvalue weighted by molar-refractivity contribution is 0.185. The molecular formula is C16H28N2. The van der Waals surface area contributed by atoms with E-state index in [2.05, 4.69) is 56.0 Å². The third kappa shape index (κ3) is 4.11. The Morgan fingerprint density at radius 3 is 2.33 bits per heavy atom. The van der Waals surface area contributed by atoms with Gasteiger partial charge in [-0.05, 0) is 31.0 Å². The normalized spacial score (nSPS) is 14.7. The molecule has 0 saturated heterocycles. The molecule has 102 valence electrons. The maximum absolute atomic E-state index is 6.02. The second kappa shape index (κ2) is 8.28. The van der Waals surface area contributed by atoms with Gasteiger partial charge in [-0.2, -0.15) is 0 Å². The van der Waals surface area contributed by atoms with Crippen molar-refractivity contribution in [3.8, 4) is 0 Å². The summed E-state index contributed by atoms with van der Waals surface area (Å²) >= 11 is 0. The molecule has 0 fully saturated rings. The minimum atomic E-state index is 0.448. The van der Waals surface area contributed by atoms with Crippen LogP contribution in [-0.4, -0.2) is 30.6 Å². The molecular weight excluding hydrogens is 220 g/mol. The number of nitrogens with two attached hydrogens (primary N) is 1. The lowest BCUT2D eigenvalue weighted by Gasteiger charge is -2.34. The van der Waals surface area contributed by atoms with Crippen molar-refractivity contribution < 1.29 is 0 Å². The third-order valence-electron chi connectivity index (χ3n) is 3.82. The maximum Gasteiger partial charge on any atom is 0.0284 e. The van der Waals surface area contributed by atoms with Gasteiger partial charge in [0, 0.05) is 12.6 Å². The molecule has 0 amide bonds. The van der Waals surface area contributed by atoms with Gasteiger partial charge in [-0.1, -0.05) is 57.5 Å². The topological polar surface area (TPSA) is 29.3 Å². The van der Waals surface area contributed by atoms with Gasteiger partial charge in [0.05, 0.1) is 0 Å². The Morgan fingerprint density at radius 2 is 1.83 bits per heavy atom. The first-order chi connectivity index (χ1) is 8.74. The number of hydrogen-bond acceptors (Lipinski definition) is 2. The van der Waals surface area contributed by atoms with Crippen LogP contribution < -0.4 is 5.73 Å². The van der Waals surface area contributed by atoms with E-state index in [1.54, 1.807) is 0 Å². The van der Waals surface area contributed by atoms with Crippen LogP contribution >= 0.6 is 0 Å². The van der Waals surface area contributed by atoms with Crippen molar-refractivity contribution in [3.63, 3.8) is 0 Å². The molecule has 2 heteroatoms. The minimum Gasteiger partial charge on any atom is -0.329 e. The van der Waals surface area contributed by atoms with Crippen molar-refractivity contribution >= 4 is 0 Å². The Labute approximate surface area is 112 Å². The van der Waals surface area contributed by atoms with E-state index in [4.69, 9.17) is 5.73 Å². The van der Waals surface area contributed by atoms with E-state index in [-0.39, 0.29) is 0 Å². The first-order valence-corrected chi connectivity index (χ1v) is 7.23. The molecule has 18 heavy (non-hydrogen) atoms. The predicted octanol–water partition coefficient (Wildman–Crippen LogP) is 3.24.